The van der Waals surface area contributed by atoms with E-state index in [2.05, 4.69) is 18.6 Å². The molecule has 3 nitrogen and oxygen atoms in total. The first-order valence-corrected chi connectivity index (χ1v) is 4.76. The van der Waals surface area contributed by atoms with Gasteiger partial charge in [0.15, 0.2) is 5.78 Å². The molecule has 0 amide bonds. The van der Waals surface area contributed by atoms with Gasteiger partial charge in [-0.25, -0.2) is 0 Å². The monoisotopic (exact) mass is 196 g/mol. The molecule has 0 saturated heterocycles. The van der Waals surface area contributed by atoms with Crippen molar-refractivity contribution < 1.29 is 14.3 Å². The molecule has 0 unspecified atom stereocenters. The van der Waals surface area contributed by atoms with Crippen LogP contribution in [0.1, 0.15) is 33.1 Å². The number of carbonyl (C=O) groups excluding carboxylic acids is 2. The number of methoxy groups -OCH3 is 1. The van der Waals surface area contributed by atoms with Crippen LogP contribution in [0.4, 0.5) is 0 Å². The zero-order chi connectivity index (χ0) is 10.8. The van der Waals surface area contributed by atoms with Gasteiger partial charge in [0.1, 0.15) is 0 Å². The molecule has 0 aromatic rings. The molecule has 14 heavy (non-hydrogen) atoms. The van der Waals surface area contributed by atoms with Gasteiger partial charge in [0.25, 0.3) is 0 Å². The van der Waals surface area contributed by atoms with Crippen LogP contribution < -0.4 is 0 Å². The van der Waals surface area contributed by atoms with Crippen LogP contribution in [0.5, 0.6) is 0 Å². The van der Waals surface area contributed by atoms with Crippen molar-refractivity contribution in [1.82, 2.24) is 0 Å². The number of allylic oxidation sites excluding steroid dienone is 1. The summed E-state index contributed by atoms with van der Waals surface area (Å²) in [7, 11) is 1.33. The highest BCUT2D eigenvalue weighted by atomic mass is 16.5. The normalized spacial score (nSPS) is 20.2. The summed E-state index contributed by atoms with van der Waals surface area (Å²) in [6.07, 6.45) is 3.40. The van der Waals surface area contributed by atoms with Gasteiger partial charge in [-0.1, -0.05) is 19.9 Å². The van der Waals surface area contributed by atoms with Crippen molar-refractivity contribution >= 4 is 11.8 Å². The summed E-state index contributed by atoms with van der Waals surface area (Å²) < 4.78 is 4.54. The van der Waals surface area contributed by atoms with Crippen molar-refractivity contribution in [2.45, 2.75) is 33.1 Å². The predicted octanol–water partition coefficient (Wildman–Crippen LogP) is 1.86. The van der Waals surface area contributed by atoms with Gasteiger partial charge >= 0.3 is 5.97 Å². The van der Waals surface area contributed by atoms with Gasteiger partial charge < -0.3 is 4.74 Å². The molecule has 0 aromatic heterocycles. The van der Waals surface area contributed by atoms with Gasteiger partial charge in [0.05, 0.1) is 13.5 Å². The van der Waals surface area contributed by atoms with Crippen molar-refractivity contribution in [2.75, 3.05) is 7.11 Å². The summed E-state index contributed by atoms with van der Waals surface area (Å²) in [5, 5.41) is 0. The van der Waals surface area contributed by atoms with E-state index >= 15 is 0 Å². The maximum Gasteiger partial charge on any atom is 0.310 e. The summed E-state index contributed by atoms with van der Waals surface area (Å²) in [5.41, 5.74) is 0.630. The number of ether oxygens (including phenoxy) is 1. The molecule has 1 rings (SSSR count). The minimum absolute atomic E-state index is 0.0251. The lowest BCUT2D eigenvalue weighted by molar-refractivity contribution is -0.140. The van der Waals surface area contributed by atoms with E-state index in [0.717, 1.165) is 6.42 Å². The Kier molecular flexibility index (Phi) is 3.09. The van der Waals surface area contributed by atoms with E-state index in [1.807, 2.05) is 6.08 Å². The number of hydrogen-bond acceptors (Lipinski definition) is 3. The van der Waals surface area contributed by atoms with E-state index in [9.17, 15) is 9.59 Å². The Morgan fingerprint density at radius 1 is 1.57 bits per heavy atom. The maximum absolute atomic E-state index is 11.5. The molecule has 0 aromatic carbocycles. The number of Topliss-reactive ketones (excluding diaryl/α,β-unsaturated/α-hetero) is 1. The Morgan fingerprint density at radius 3 is 2.79 bits per heavy atom. The van der Waals surface area contributed by atoms with Crippen LogP contribution in [0.3, 0.4) is 0 Å². The van der Waals surface area contributed by atoms with Gasteiger partial charge in [0, 0.05) is 12.0 Å². The summed E-state index contributed by atoms with van der Waals surface area (Å²) in [4.78, 5) is 22.5. The molecule has 0 bridgehead atoms. The molecule has 3 heteroatoms. The Bertz CT molecular complexity index is 287. The van der Waals surface area contributed by atoms with Crippen LogP contribution in [-0.2, 0) is 14.3 Å². The number of esters is 1. The van der Waals surface area contributed by atoms with Crippen molar-refractivity contribution in [2.24, 2.45) is 5.41 Å². The van der Waals surface area contributed by atoms with Crippen LogP contribution in [0.15, 0.2) is 11.6 Å². The zero-order valence-corrected chi connectivity index (χ0v) is 8.92. The van der Waals surface area contributed by atoms with Gasteiger partial charge in [-0.3, -0.25) is 9.59 Å². The number of rotatable bonds is 2. The third-order valence-corrected chi connectivity index (χ3v) is 2.48. The zero-order valence-electron chi connectivity index (χ0n) is 8.92. The Labute approximate surface area is 84.1 Å². The Hall–Kier alpha value is -1.12. The number of ketones is 1. The number of carbonyl (C=O) groups is 2. The first-order valence-electron chi connectivity index (χ1n) is 4.76. The second kappa shape index (κ2) is 3.95. The van der Waals surface area contributed by atoms with E-state index < -0.39 is 0 Å². The molecule has 0 aliphatic heterocycles. The molecule has 0 atom stereocenters. The average Bonchev–Trinajstić information content (AvgIpc) is 2.11. The molecule has 0 spiro atoms. The minimum atomic E-state index is -0.345. The molecule has 1 aliphatic rings. The van der Waals surface area contributed by atoms with Gasteiger partial charge in [-0.05, 0) is 11.8 Å². The summed E-state index contributed by atoms with van der Waals surface area (Å²) in [5.74, 6) is -0.267. The quantitative estimate of drug-likeness (QED) is 0.633. The van der Waals surface area contributed by atoms with Gasteiger partial charge in [-0.2, -0.15) is 0 Å². The predicted molar refractivity (Wildman–Crippen MR) is 52.7 cm³/mol. The first kappa shape index (κ1) is 11.0. The molecule has 0 N–H and O–H groups in total. The lowest BCUT2D eigenvalue weighted by atomic mass is 9.78. The van der Waals surface area contributed by atoms with Crippen molar-refractivity contribution in [3.8, 4) is 0 Å². The molecule has 0 heterocycles. The Balaban J connectivity index is 2.78. The van der Waals surface area contributed by atoms with Gasteiger partial charge in [0.2, 0.25) is 0 Å². The fourth-order valence-corrected chi connectivity index (χ4v) is 1.60. The van der Waals surface area contributed by atoms with E-state index in [0.29, 0.717) is 12.0 Å². The third-order valence-electron chi connectivity index (χ3n) is 2.48. The largest absolute Gasteiger partial charge is 0.469 e. The maximum atomic E-state index is 11.5. The van der Waals surface area contributed by atoms with E-state index in [-0.39, 0.29) is 23.6 Å². The molecule has 0 radical (unpaired) electrons. The summed E-state index contributed by atoms with van der Waals surface area (Å²) in [6, 6.07) is 0. The smallest absolute Gasteiger partial charge is 0.310 e. The molecule has 1 aliphatic carbocycles. The molecule has 0 saturated carbocycles. The van der Waals surface area contributed by atoms with Crippen LogP contribution in [0, 0.1) is 5.41 Å². The fourth-order valence-electron chi connectivity index (χ4n) is 1.60. The van der Waals surface area contributed by atoms with E-state index in [1.165, 1.54) is 7.11 Å². The second-order valence-electron chi connectivity index (χ2n) is 4.33. The van der Waals surface area contributed by atoms with E-state index in [4.69, 9.17) is 0 Å². The minimum Gasteiger partial charge on any atom is -0.469 e. The topological polar surface area (TPSA) is 43.4 Å². The lowest BCUT2D eigenvalue weighted by Gasteiger charge is -2.26. The molecule has 0 fully saturated rings. The third kappa shape index (κ3) is 2.69. The standard InChI is InChI=1S/C11H16O3/c1-11(2)5-4-9(12)8(7-11)6-10(13)14-3/h7H,4-6H2,1-3H3. The van der Waals surface area contributed by atoms with E-state index in [1.54, 1.807) is 0 Å². The van der Waals surface area contributed by atoms with Crippen molar-refractivity contribution in [3.63, 3.8) is 0 Å². The fraction of sp³-hybridized carbons (Fsp3) is 0.636. The second-order valence-corrected chi connectivity index (χ2v) is 4.33. The highest BCUT2D eigenvalue weighted by Crippen LogP contribution is 2.32. The molecular weight excluding hydrogens is 180 g/mol. The van der Waals surface area contributed by atoms with Crippen LogP contribution in [-0.4, -0.2) is 18.9 Å². The van der Waals surface area contributed by atoms with Gasteiger partial charge in [-0.15, -0.1) is 0 Å². The van der Waals surface area contributed by atoms with Crippen LogP contribution in [0.2, 0.25) is 0 Å². The first-order chi connectivity index (χ1) is 6.44. The highest BCUT2D eigenvalue weighted by molar-refractivity contribution is 6.00. The summed E-state index contributed by atoms with van der Waals surface area (Å²) in [6.45, 7) is 4.13. The number of hydrogen-bond donors (Lipinski definition) is 0. The summed E-state index contributed by atoms with van der Waals surface area (Å²) >= 11 is 0. The molecule has 78 valence electrons. The highest BCUT2D eigenvalue weighted by Gasteiger charge is 2.26. The average molecular weight is 196 g/mol. The van der Waals surface area contributed by atoms with Crippen LogP contribution >= 0.6 is 0 Å². The van der Waals surface area contributed by atoms with Crippen molar-refractivity contribution in [1.29, 1.82) is 0 Å². The SMILES string of the molecule is COC(=O)CC1=CC(C)(C)CCC1=O. The van der Waals surface area contributed by atoms with Crippen molar-refractivity contribution in [3.05, 3.63) is 11.6 Å². The van der Waals surface area contributed by atoms with Crippen LogP contribution in [0.25, 0.3) is 0 Å². The molecular formula is C11H16O3. The Morgan fingerprint density at radius 2 is 2.21 bits per heavy atom. The lowest BCUT2D eigenvalue weighted by Crippen LogP contribution is -2.21.